The van der Waals surface area contributed by atoms with Gasteiger partial charge in [-0.2, -0.15) is 0 Å². The molecule has 2 heterocycles. The lowest BCUT2D eigenvalue weighted by Crippen LogP contribution is -2.39. The third-order valence-corrected chi connectivity index (χ3v) is 4.85. The molecule has 0 unspecified atom stereocenters. The van der Waals surface area contributed by atoms with Gasteiger partial charge < -0.3 is 14.2 Å². The van der Waals surface area contributed by atoms with E-state index in [1.165, 1.54) is 11.3 Å². The molecule has 0 spiro atoms. The van der Waals surface area contributed by atoms with Crippen LogP contribution in [0.1, 0.15) is 19.8 Å². The predicted molar refractivity (Wildman–Crippen MR) is 90.7 cm³/mol. The minimum absolute atomic E-state index is 0.194. The van der Waals surface area contributed by atoms with Crippen molar-refractivity contribution in [3.63, 3.8) is 0 Å². The molecule has 0 aliphatic carbocycles. The quantitative estimate of drug-likeness (QED) is 0.894. The Bertz CT molecular complexity index is 741. The van der Waals surface area contributed by atoms with Gasteiger partial charge in [0.1, 0.15) is 5.60 Å². The van der Waals surface area contributed by atoms with Crippen molar-refractivity contribution in [3.8, 4) is 22.1 Å². The number of hydrogen-bond acceptors (Lipinski definition) is 7. The molecule has 1 saturated heterocycles. The van der Waals surface area contributed by atoms with Gasteiger partial charge in [0.2, 0.25) is 5.13 Å². The number of rotatable bonds is 5. The number of hydrogen-bond donors (Lipinski definition) is 1. The maximum atomic E-state index is 12.4. The van der Waals surface area contributed by atoms with Crippen LogP contribution in [-0.4, -0.2) is 42.5 Å². The van der Waals surface area contributed by atoms with Gasteiger partial charge in [0.25, 0.3) is 5.91 Å². The van der Waals surface area contributed by atoms with Crippen molar-refractivity contribution in [2.45, 2.75) is 25.4 Å². The minimum Gasteiger partial charge on any atom is -0.493 e. The molecule has 1 amide bonds. The highest BCUT2D eigenvalue weighted by Crippen LogP contribution is 2.39. The number of ether oxygens (including phenoxy) is 3. The third kappa shape index (κ3) is 3.07. The van der Waals surface area contributed by atoms with Crippen LogP contribution in [0.4, 0.5) is 5.13 Å². The molecule has 1 atom stereocenters. The topological polar surface area (TPSA) is 82.6 Å². The van der Waals surface area contributed by atoms with E-state index in [1.54, 1.807) is 21.1 Å². The minimum atomic E-state index is -0.792. The van der Waals surface area contributed by atoms with Gasteiger partial charge in [-0.3, -0.25) is 10.1 Å². The summed E-state index contributed by atoms with van der Waals surface area (Å²) < 4.78 is 16.3. The van der Waals surface area contributed by atoms with Gasteiger partial charge in [0, 0.05) is 6.61 Å². The Hall–Kier alpha value is -2.19. The SMILES string of the molecule is COc1cccc(-c2nnc(NC(=O)[C@@]3(C)CCCO3)s2)c1OC. The number of para-hydroxylation sites is 1. The second-order valence-electron chi connectivity index (χ2n) is 5.59. The third-order valence-electron chi connectivity index (χ3n) is 3.98. The van der Waals surface area contributed by atoms with Crippen molar-refractivity contribution in [3.05, 3.63) is 18.2 Å². The number of methoxy groups -OCH3 is 2. The number of anilines is 1. The summed E-state index contributed by atoms with van der Waals surface area (Å²) in [7, 11) is 3.15. The standard InChI is InChI=1S/C16H19N3O4S/c1-16(8-5-9-23-16)14(20)17-15-19-18-13(24-15)10-6-4-7-11(21-2)12(10)22-3/h4,6-7H,5,8-9H2,1-3H3,(H,17,19,20)/t16-/m1/s1. The van der Waals surface area contributed by atoms with Crippen LogP contribution >= 0.6 is 11.3 Å². The van der Waals surface area contributed by atoms with E-state index in [-0.39, 0.29) is 5.91 Å². The highest BCUT2D eigenvalue weighted by molar-refractivity contribution is 7.18. The lowest BCUT2D eigenvalue weighted by atomic mass is 10.0. The largest absolute Gasteiger partial charge is 0.493 e. The molecule has 0 saturated carbocycles. The number of amides is 1. The molecule has 24 heavy (non-hydrogen) atoms. The summed E-state index contributed by atoms with van der Waals surface area (Å²) in [5.41, 5.74) is -0.0300. The van der Waals surface area contributed by atoms with Gasteiger partial charge in [-0.05, 0) is 31.9 Å². The first-order valence-corrected chi connectivity index (χ1v) is 8.39. The average Bonchev–Trinajstić information content (AvgIpc) is 3.24. The smallest absolute Gasteiger partial charge is 0.258 e. The molecule has 0 radical (unpaired) electrons. The van der Waals surface area contributed by atoms with Crippen LogP contribution in [0.3, 0.4) is 0 Å². The van der Waals surface area contributed by atoms with Crippen LogP contribution in [0.15, 0.2) is 18.2 Å². The number of nitrogens with one attached hydrogen (secondary N) is 1. The van der Waals surface area contributed by atoms with Gasteiger partial charge in [0.15, 0.2) is 16.5 Å². The summed E-state index contributed by atoms with van der Waals surface area (Å²) in [4.78, 5) is 12.4. The van der Waals surface area contributed by atoms with Gasteiger partial charge in [-0.15, -0.1) is 10.2 Å². The van der Waals surface area contributed by atoms with E-state index in [4.69, 9.17) is 14.2 Å². The number of benzene rings is 1. The van der Waals surface area contributed by atoms with Crippen molar-refractivity contribution in [1.29, 1.82) is 0 Å². The fourth-order valence-corrected chi connectivity index (χ4v) is 3.39. The highest BCUT2D eigenvalue weighted by Gasteiger charge is 2.38. The number of carbonyl (C=O) groups excluding carboxylic acids is 1. The molecule has 8 heteroatoms. The summed E-state index contributed by atoms with van der Waals surface area (Å²) >= 11 is 1.28. The first-order valence-electron chi connectivity index (χ1n) is 7.57. The molecule has 7 nitrogen and oxygen atoms in total. The number of aromatic nitrogens is 2. The summed E-state index contributed by atoms with van der Waals surface area (Å²) in [6, 6.07) is 5.53. The van der Waals surface area contributed by atoms with Crippen molar-refractivity contribution in [2.24, 2.45) is 0 Å². The van der Waals surface area contributed by atoms with Crippen LogP contribution in [0.25, 0.3) is 10.6 Å². The van der Waals surface area contributed by atoms with Crippen molar-refractivity contribution in [2.75, 3.05) is 26.1 Å². The Morgan fingerprint density at radius 1 is 1.33 bits per heavy atom. The lowest BCUT2D eigenvalue weighted by Gasteiger charge is -2.20. The highest BCUT2D eigenvalue weighted by atomic mass is 32.1. The van der Waals surface area contributed by atoms with Crippen LogP contribution in [0.2, 0.25) is 0 Å². The van der Waals surface area contributed by atoms with Crippen molar-refractivity contribution in [1.82, 2.24) is 10.2 Å². The predicted octanol–water partition coefficient (Wildman–Crippen LogP) is 2.73. The molecular weight excluding hydrogens is 330 g/mol. The molecule has 0 bridgehead atoms. The first kappa shape index (κ1) is 16.7. The normalized spacial score (nSPS) is 20.0. The first-order chi connectivity index (χ1) is 11.6. The monoisotopic (exact) mass is 349 g/mol. The zero-order valence-corrected chi connectivity index (χ0v) is 14.6. The van der Waals surface area contributed by atoms with E-state index in [0.29, 0.717) is 34.7 Å². The summed E-state index contributed by atoms with van der Waals surface area (Å²) in [5, 5.41) is 12.1. The molecule has 3 rings (SSSR count). The van der Waals surface area contributed by atoms with Crippen LogP contribution in [0.5, 0.6) is 11.5 Å². The van der Waals surface area contributed by atoms with E-state index < -0.39 is 5.60 Å². The summed E-state index contributed by atoms with van der Waals surface area (Å²) in [6.45, 7) is 2.40. The fraction of sp³-hybridized carbons (Fsp3) is 0.438. The second kappa shape index (κ2) is 6.74. The maximum absolute atomic E-state index is 12.4. The zero-order valence-electron chi connectivity index (χ0n) is 13.8. The van der Waals surface area contributed by atoms with E-state index in [2.05, 4.69) is 15.5 Å². The van der Waals surface area contributed by atoms with Gasteiger partial charge in [0.05, 0.1) is 19.8 Å². The Kier molecular flexibility index (Phi) is 4.68. The van der Waals surface area contributed by atoms with Crippen LogP contribution in [-0.2, 0) is 9.53 Å². The fourth-order valence-electron chi connectivity index (χ4n) is 2.63. The molecule has 2 aromatic rings. The summed E-state index contributed by atoms with van der Waals surface area (Å²) in [6.07, 6.45) is 1.58. The molecule has 1 N–H and O–H groups in total. The maximum Gasteiger partial charge on any atom is 0.258 e. The molecular formula is C16H19N3O4S. The van der Waals surface area contributed by atoms with Crippen molar-refractivity contribution >= 4 is 22.4 Å². The molecule has 1 aliphatic rings. The van der Waals surface area contributed by atoms with E-state index in [0.717, 1.165) is 12.0 Å². The van der Waals surface area contributed by atoms with E-state index in [9.17, 15) is 4.79 Å². The molecule has 1 aromatic carbocycles. The summed E-state index contributed by atoms with van der Waals surface area (Å²) in [5.74, 6) is 1.00. The van der Waals surface area contributed by atoms with E-state index in [1.807, 2.05) is 18.2 Å². The molecule has 1 fully saturated rings. The Morgan fingerprint density at radius 2 is 2.17 bits per heavy atom. The second-order valence-corrected chi connectivity index (χ2v) is 6.57. The molecule has 128 valence electrons. The Labute approximate surface area is 144 Å². The van der Waals surface area contributed by atoms with Gasteiger partial charge in [-0.25, -0.2) is 0 Å². The molecule has 1 aromatic heterocycles. The van der Waals surface area contributed by atoms with Crippen LogP contribution < -0.4 is 14.8 Å². The zero-order chi connectivity index (χ0) is 17.2. The average molecular weight is 349 g/mol. The Morgan fingerprint density at radius 3 is 2.83 bits per heavy atom. The van der Waals surface area contributed by atoms with Gasteiger partial charge >= 0.3 is 0 Å². The van der Waals surface area contributed by atoms with Crippen molar-refractivity contribution < 1.29 is 19.0 Å². The van der Waals surface area contributed by atoms with Crippen LogP contribution in [0, 0.1) is 0 Å². The number of carbonyl (C=O) groups is 1. The molecule has 1 aliphatic heterocycles. The number of nitrogens with zero attached hydrogens (tertiary/aromatic N) is 2. The van der Waals surface area contributed by atoms with E-state index >= 15 is 0 Å². The van der Waals surface area contributed by atoms with Gasteiger partial charge in [-0.1, -0.05) is 17.4 Å². The lowest BCUT2D eigenvalue weighted by molar-refractivity contribution is -0.133. The Balaban J connectivity index is 1.82.